The Morgan fingerprint density at radius 1 is 0.763 bits per heavy atom. The summed E-state index contributed by atoms with van der Waals surface area (Å²) >= 11 is 6.21. The van der Waals surface area contributed by atoms with Crippen molar-refractivity contribution in [1.82, 2.24) is 4.57 Å². The monoisotopic (exact) mass is 529 g/mol. The van der Waals surface area contributed by atoms with Crippen LogP contribution in [0.1, 0.15) is 49.2 Å². The van der Waals surface area contributed by atoms with Crippen LogP contribution in [-0.2, 0) is 19.3 Å². The highest BCUT2D eigenvalue weighted by Gasteiger charge is 2.14. The number of fused-ring (bicyclic) bond motifs is 3. The van der Waals surface area contributed by atoms with Gasteiger partial charge in [-0.15, -0.1) is 0 Å². The number of rotatable bonds is 7. The average Bonchev–Trinajstić information content (AvgIpc) is 3.21. The topological polar surface area (TPSA) is 99.3 Å². The van der Waals surface area contributed by atoms with E-state index < -0.39 is 11.9 Å². The Hall–Kier alpha value is -4.56. The smallest absolute Gasteiger partial charge is 0.318 e. The van der Waals surface area contributed by atoms with E-state index in [1.807, 2.05) is 41.0 Å². The van der Waals surface area contributed by atoms with Gasteiger partial charge in [-0.2, -0.15) is 0 Å². The summed E-state index contributed by atoms with van der Waals surface area (Å²) < 4.78 is 1.91. The van der Waals surface area contributed by atoms with Gasteiger partial charge in [-0.1, -0.05) is 46.2 Å². The first-order valence-corrected chi connectivity index (χ1v) is 12.0. The Bertz CT molecular complexity index is 1590. The molecule has 1 heterocycles. The molecule has 38 heavy (non-hydrogen) atoms. The molecule has 4 rings (SSSR count). The minimum atomic E-state index is -0.512. The lowest BCUT2D eigenvalue weighted by atomic mass is 10.0. The van der Waals surface area contributed by atoms with Crippen LogP contribution in [0.3, 0.4) is 0 Å². The van der Waals surface area contributed by atoms with Crippen LogP contribution in [0.2, 0.25) is 5.02 Å². The van der Waals surface area contributed by atoms with Crippen LogP contribution >= 0.6 is 11.6 Å². The number of halogens is 1. The first kappa shape index (κ1) is 26.5. The van der Waals surface area contributed by atoms with E-state index in [0.29, 0.717) is 22.0 Å². The molecule has 0 unspecified atom stereocenters. The predicted octanol–water partition coefficient (Wildman–Crippen LogP) is 6.38. The molecule has 0 saturated carbocycles. The maximum absolute atomic E-state index is 12.9. The number of nitrogens with zero attached hydrogens (tertiary/aromatic N) is 3. The van der Waals surface area contributed by atoms with Gasteiger partial charge in [0.15, 0.2) is 5.78 Å². The fourth-order valence-corrected chi connectivity index (χ4v) is 4.16. The molecule has 0 aliphatic carbocycles. The van der Waals surface area contributed by atoms with Crippen LogP contribution < -0.4 is 0 Å². The van der Waals surface area contributed by atoms with E-state index in [0.717, 1.165) is 32.9 Å². The first-order chi connectivity index (χ1) is 18.2. The Morgan fingerprint density at radius 3 is 1.74 bits per heavy atom. The molecule has 0 bridgehead atoms. The maximum atomic E-state index is 12.9. The van der Waals surface area contributed by atoms with Crippen LogP contribution in [0, 0.1) is 0 Å². The summed E-state index contributed by atoms with van der Waals surface area (Å²) in [5.74, 6) is -1.25. The minimum absolute atomic E-state index is 0.229. The van der Waals surface area contributed by atoms with Crippen molar-refractivity contribution in [1.29, 1.82) is 0 Å². The SMILES string of the molecule is CC(=O)O/N=C(/C)c1ccc2c(c1)c1cc(/C(C)=N\OC(C)=O)ccc1n2/C=C/C(=O)c1ccccc1Cl. The number of ketones is 1. The number of oxime groups is 2. The lowest BCUT2D eigenvalue weighted by Gasteiger charge is -2.04. The molecule has 0 saturated heterocycles. The van der Waals surface area contributed by atoms with E-state index >= 15 is 0 Å². The van der Waals surface area contributed by atoms with Gasteiger partial charge in [-0.25, -0.2) is 9.59 Å². The molecule has 0 aliphatic heterocycles. The van der Waals surface area contributed by atoms with Gasteiger partial charge in [0.25, 0.3) is 0 Å². The second-order valence-electron chi connectivity index (χ2n) is 8.51. The average molecular weight is 530 g/mol. The number of benzene rings is 3. The van der Waals surface area contributed by atoms with Gasteiger partial charge in [0.05, 0.1) is 27.5 Å². The number of carbonyl (C=O) groups is 3. The zero-order valence-electron chi connectivity index (χ0n) is 21.2. The Balaban J connectivity index is 1.88. The van der Waals surface area contributed by atoms with E-state index in [2.05, 4.69) is 10.3 Å². The molecule has 9 heteroatoms. The van der Waals surface area contributed by atoms with Gasteiger partial charge >= 0.3 is 11.9 Å². The Labute approximate surface area is 223 Å². The highest BCUT2D eigenvalue weighted by molar-refractivity contribution is 6.34. The summed E-state index contributed by atoms with van der Waals surface area (Å²) in [6, 6.07) is 18.3. The van der Waals surface area contributed by atoms with Crippen molar-refractivity contribution in [3.63, 3.8) is 0 Å². The molecule has 0 atom stereocenters. The number of allylic oxidation sites excluding steroid dienone is 1. The van der Waals surface area contributed by atoms with Crippen LogP contribution in [0.5, 0.6) is 0 Å². The van der Waals surface area contributed by atoms with E-state index in [1.54, 1.807) is 44.3 Å². The lowest BCUT2D eigenvalue weighted by Crippen LogP contribution is -1.99. The largest absolute Gasteiger partial charge is 0.331 e. The molecular weight excluding hydrogens is 506 g/mol. The quantitative estimate of drug-likeness (QED) is 0.0909. The molecule has 192 valence electrons. The van der Waals surface area contributed by atoms with Gasteiger partial charge in [-0.05, 0) is 61.4 Å². The van der Waals surface area contributed by atoms with Gasteiger partial charge in [-0.3, -0.25) is 4.79 Å². The molecule has 0 N–H and O–H groups in total. The van der Waals surface area contributed by atoms with Gasteiger partial charge in [0.2, 0.25) is 0 Å². The van der Waals surface area contributed by atoms with Crippen molar-refractivity contribution in [3.8, 4) is 0 Å². The van der Waals surface area contributed by atoms with Gasteiger partial charge in [0, 0.05) is 42.5 Å². The summed E-state index contributed by atoms with van der Waals surface area (Å²) in [6.07, 6.45) is 3.18. The third-order valence-electron chi connectivity index (χ3n) is 5.77. The summed E-state index contributed by atoms with van der Waals surface area (Å²) in [5, 5.41) is 9.91. The van der Waals surface area contributed by atoms with Gasteiger partial charge < -0.3 is 14.2 Å². The molecule has 8 nitrogen and oxygen atoms in total. The fourth-order valence-electron chi connectivity index (χ4n) is 3.93. The summed E-state index contributed by atoms with van der Waals surface area (Å²) in [7, 11) is 0. The molecule has 1 aromatic heterocycles. The van der Waals surface area contributed by atoms with E-state index in [9.17, 15) is 14.4 Å². The number of carbonyl (C=O) groups excluding carboxylic acids is 3. The molecule has 0 aliphatic rings. The fraction of sp³-hybridized carbons (Fsp3) is 0.138. The zero-order valence-corrected chi connectivity index (χ0v) is 21.9. The van der Waals surface area contributed by atoms with Crippen molar-refractivity contribution in [2.45, 2.75) is 27.7 Å². The van der Waals surface area contributed by atoms with E-state index in [4.69, 9.17) is 21.3 Å². The van der Waals surface area contributed by atoms with E-state index in [-0.39, 0.29) is 5.78 Å². The molecule has 3 aromatic carbocycles. The predicted molar refractivity (Wildman–Crippen MR) is 149 cm³/mol. The zero-order chi connectivity index (χ0) is 27.4. The summed E-state index contributed by atoms with van der Waals surface area (Å²) in [5.41, 5.74) is 4.63. The second kappa shape index (κ2) is 11.2. The first-order valence-electron chi connectivity index (χ1n) is 11.7. The summed E-state index contributed by atoms with van der Waals surface area (Å²) in [4.78, 5) is 44.9. The lowest BCUT2D eigenvalue weighted by molar-refractivity contribution is -0.141. The van der Waals surface area contributed by atoms with Gasteiger partial charge in [0.1, 0.15) is 0 Å². The molecule has 0 radical (unpaired) electrons. The molecular formula is C29H24ClN3O5. The van der Waals surface area contributed by atoms with Crippen LogP contribution in [0.25, 0.3) is 28.0 Å². The van der Waals surface area contributed by atoms with Crippen molar-refractivity contribution < 1.29 is 24.1 Å². The molecule has 0 spiro atoms. The highest BCUT2D eigenvalue weighted by atomic mass is 35.5. The normalized spacial score (nSPS) is 12.3. The van der Waals surface area contributed by atoms with Crippen LogP contribution in [-0.4, -0.2) is 33.7 Å². The third kappa shape index (κ3) is 5.71. The number of hydrogen-bond donors (Lipinski definition) is 0. The van der Waals surface area contributed by atoms with Crippen LogP contribution in [0.15, 0.2) is 77.1 Å². The molecule has 4 aromatic rings. The third-order valence-corrected chi connectivity index (χ3v) is 6.10. The van der Waals surface area contributed by atoms with Crippen molar-refractivity contribution in [2.75, 3.05) is 0 Å². The van der Waals surface area contributed by atoms with E-state index in [1.165, 1.54) is 19.9 Å². The highest BCUT2D eigenvalue weighted by Crippen LogP contribution is 2.32. The standard InChI is InChI=1S/C29H24ClN3O5/c1-17(31-37-19(3)34)21-9-11-27-24(15-21)25-16-22(18(2)32-38-20(4)35)10-12-28(25)33(27)14-13-29(36)23-7-5-6-8-26(23)30/h5-16H,1-4H3/b14-13+,31-17-,32-18-. The van der Waals surface area contributed by atoms with Crippen molar-refractivity contribution >= 4 is 68.8 Å². The Morgan fingerprint density at radius 2 is 1.26 bits per heavy atom. The maximum Gasteiger partial charge on any atom is 0.331 e. The van der Waals surface area contributed by atoms with Crippen molar-refractivity contribution in [2.24, 2.45) is 10.3 Å². The summed E-state index contributed by atoms with van der Waals surface area (Å²) in [6.45, 7) is 6.05. The van der Waals surface area contributed by atoms with Crippen LogP contribution in [0.4, 0.5) is 0 Å². The second-order valence-corrected chi connectivity index (χ2v) is 8.92. The van der Waals surface area contributed by atoms with Crippen molar-refractivity contribution in [3.05, 3.63) is 88.5 Å². The minimum Gasteiger partial charge on any atom is -0.318 e. The molecule has 0 amide bonds. The molecule has 0 fully saturated rings. The number of aromatic nitrogens is 1. The number of hydrogen-bond acceptors (Lipinski definition) is 7. The Kier molecular flexibility index (Phi) is 7.83.